The molecular formula is C24H18FO3PS. The molecule has 0 saturated heterocycles. The Bertz CT molecular complexity index is 1240. The number of halogens is 1. The molecule has 4 aromatic carbocycles. The predicted molar refractivity (Wildman–Crippen MR) is 119 cm³/mol. The molecule has 0 unspecified atom stereocenters. The lowest BCUT2D eigenvalue weighted by atomic mass is 10.3. The molecule has 0 aliphatic heterocycles. The zero-order valence-electron chi connectivity index (χ0n) is 15.9. The SMILES string of the molecule is O=S(=O)([O-])c1ccccc1[P+](c1ccccc1)(c1ccccc1)c1cccc(F)c1. The lowest BCUT2D eigenvalue weighted by molar-refractivity contribution is 0.463. The van der Waals surface area contributed by atoms with E-state index < -0.39 is 23.2 Å². The van der Waals surface area contributed by atoms with Crippen LogP contribution < -0.4 is 21.2 Å². The van der Waals surface area contributed by atoms with Crippen LogP contribution in [0.4, 0.5) is 4.39 Å². The summed E-state index contributed by atoms with van der Waals surface area (Å²) in [6.45, 7) is 0. The Morgan fingerprint density at radius 3 is 1.67 bits per heavy atom. The molecule has 0 heterocycles. The highest BCUT2D eigenvalue weighted by atomic mass is 32.2. The Morgan fingerprint density at radius 2 is 1.13 bits per heavy atom. The molecule has 0 fully saturated rings. The molecular weight excluding hydrogens is 418 g/mol. The van der Waals surface area contributed by atoms with Crippen LogP contribution in [0.25, 0.3) is 0 Å². The molecule has 0 radical (unpaired) electrons. The minimum atomic E-state index is -4.77. The maximum absolute atomic E-state index is 14.4. The Morgan fingerprint density at radius 1 is 0.633 bits per heavy atom. The molecule has 30 heavy (non-hydrogen) atoms. The Hall–Kier alpha value is -2.85. The third-order valence-corrected chi connectivity index (χ3v) is 10.3. The average Bonchev–Trinajstić information content (AvgIpc) is 2.76. The Kier molecular flexibility index (Phi) is 5.52. The molecule has 0 aliphatic carbocycles. The fraction of sp³-hybridized carbons (Fsp3) is 0. The van der Waals surface area contributed by atoms with Crippen molar-refractivity contribution in [2.45, 2.75) is 4.90 Å². The van der Waals surface area contributed by atoms with Gasteiger partial charge in [-0.2, -0.15) is 0 Å². The third-order valence-electron chi connectivity index (χ3n) is 4.98. The van der Waals surface area contributed by atoms with Crippen molar-refractivity contribution in [1.29, 1.82) is 0 Å². The van der Waals surface area contributed by atoms with Crippen LogP contribution in [0, 0.1) is 5.82 Å². The number of hydrogen-bond donors (Lipinski definition) is 0. The summed E-state index contributed by atoms with van der Waals surface area (Å²) in [4.78, 5) is -0.282. The molecule has 6 heteroatoms. The normalized spacial score (nSPS) is 11.9. The molecule has 0 bridgehead atoms. The molecule has 0 aromatic heterocycles. The summed E-state index contributed by atoms with van der Waals surface area (Å²) in [6.07, 6.45) is 0. The van der Waals surface area contributed by atoms with Crippen LogP contribution in [-0.2, 0) is 10.1 Å². The predicted octanol–water partition coefficient (Wildman–Crippen LogP) is 3.35. The van der Waals surface area contributed by atoms with Crippen molar-refractivity contribution >= 4 is 38.6 Å². The molecule has 3 nitrogen and oxygen atoms in total. The van der Waals surface area contributed by atoms with Crippen molar-refractivity contribution in [1.82, 2.24) is 0 Å². The van der Waals surface area contributed by atoms with Gasteiger partial charge in [-0.3, -0.25) is 0 Å². The largest absolute Gasteiger partial charge is 0.744 e. The molecule has 4 rings (SSSR count). The van der Waals surface area contributed by atoms with Crippen LogP contribution in [0.15, 0.2) is 114 Å². The lowest BCUT2D eigenvalue weighted by Gasteiger charge is -2.29. The molecule has 4 aromatic rings. The molecule has 150 valence electrons. The monoisotopic (exact) mass is 436 g/mol. The highest BCUT2D eigenvalue weighted by molar-refractivity contribution is 8.02. The number of benzene rings is 4. The number of hydrogen-bond acceptors (Lipinski definition) is 3. The fourth-order valence-corrected chi connectivity index (χ4v) is 9.42. The van der Waals surface area contributed by atoms with Gasteiger partial charge in [0, 0.05) is 6.07 Å². The second-order valence-electron chi connectivity index (χ2n) is 6.74. The van der Waals surface area contributed by atoms with Gasteiger partial charge in [-0.05, 0) is 48.5 Å². The third kappa shape index (κ3) is 3.56. The zero-order chi connectivity index (χ0) is 21.2. The van der Waals surface area contributed by atoms with E-state index in [-0.39, 0.29) is 4.90 Å². The smallest absolute Gasteiger partial charge is 0.145 e. The van der Waals surface area contributed by atoms with E-state index in [1.807, 2.05) is 60.7 Å². The second kappa shape index (κ2) is 8.11. The van der Waals surface area contributed by atoms with Crippen molar-refractivity contribution in [3.63, 3.8) is 0 Å². The van der Waals surface area contributed by atoms with E-state index in [9.17, 15) is 17.4 Å². The van der Waals surface area contributed by atoms with E-state index in [1.165, 1.54) is 24.3 Å². The first-order valence-electron chi connectivity index (χ1n) is 9.26. The molecule has 0 atom stereocenters. The highest BCUT2D eigenvalue weighted by Crippen LogP contribution is 2.55. The van der Waals surface area contributed by atoms with Crippen molar-refractivity contribution in [3.05, 3.63) is 115 Å². The van der Waals surface area contributed by atoms with Gasteiger partial charge in [0.05, 0.1) is 4.90 Å². The summed E-state index contributed by atoms with van der Waals surface area (Å²) < 4.78 is 51.2. The molecule has 0 spiro atoms. The first kappa shape index (κ1) is 20.4. The summed E-state index contributed by atoms with van der Waals surface area (Å²) in [7, 11) is -7.65. The van der Waals surface area contributed by atoms with Crippen LogP contribution in [-0.4, -0.2) is 13.0 Å². The summed E-state index contributed by atoms with van der Waals surface area (Å²) in [5.74, 6) is -0.425. The van der Waals surface area contributed by atoms with E-state index in [4.69, 9.17) is 0 Å². The highest BCUT2D eigenvalue weighted by Gasteiger charge is 2.50. The fourth-order valence-electron chi connectivity index (χ4n) is 3.80. The lowest BCUT2D eigenvalue weighted by Crippen LogP contribution is -2.40. The van der Waals surface area contributed by atoms with Gasteiger partial charge in [-0.25, -0.2) is 12.8 Å². The van der Waals surface area contributed by atoms with Gasteiger partial charge in [0.2, 0.25) is 0 Å². The topological polar surface area (TPSA) is 57.2 Å². The van der Waals surface area contributed by atoms with E-state index in [0.717, 1.165) is 10.6 Å². The van der Waals surface area contributed by atoms with Gasteiger partial charge in [-0.15, -0.1) is 0 Å². The van der Waals surface area contributed by atoms with Gasteiger partial charge in [0.1, 0.15) is 44.4 Å². The summed E-state index contributed by atoms with van der Waals surface area (Å²) in [5.41, 5.74) is 0. The van der Waals surface area contributed by atoms with Crippen molar-refractivity contribution in [2.24, 2.45) is 0 Å². The van der Waals surface area contributed by atoms with Gasteiger partial charge in [0.15, 0.2) is 0 Å². The summed E-state index contributed by atoms with van der Waals surface area (Å²) in [5, 5.41) is 2.69. The van der Waals surface area contributed by atoms with Gasteiger partial charge < -0.3 is 4.55 Å². The number of rotatable bonds is 5. The van der Waals surface area contributed by atoms with E-state index in [1.54, 1.807) is 24.3 Å². The van der Waals surface area contributed by atoms with Crippen LogP contribution in [0.1, 0.15) is 0 Å². The van der Waals surface area contributed by atoms with Gasteiger partial charge in [0.25, 0.3) is 0 Å². The van der Waals surface area contributed by atoms with Crippen molar-refractivity contribution < 1.29 is 17.4 Å². The summed E-state index contributed by atoms with van der Waals surface area (Å²) in [6, 6.07) is 31.2. The molecule has 0 amide bonds. The summed E-state index contributed by atoms with van der Waals surface area (Å²) >= 11 is 0. The minimum absolute atomic E-state index is 0.282. The van der Waals surface area contributed by atoms with Gasteiger partial charge in [-0.1, -0.05) is 54.6 Å². The van der Waals surface area contributed by atoms with E-state index in [2.05, 4.69) is 0 Å². The van der Waals surface area contributed by atoms with Crippen LogP contribution in [0.2, 0.25) is 0 Å². The Balaban J connectivity index is 2.24. The average molecular weight is 436 g/mol. The van der Waals surface area contributed by atoms with Crippen LogP contribution in [0.5, 0.6) is 0 Å². The molecule has 0 aliphatic rings. The second-order valence-corrected chi connectivity index (χ2v) is 11.5. The van der Waals surface area contributed by atoms with Crippen LogP contribution >= 0.6 is 7.26 Å². The van der Waals surface area contributed by atoms with E-state index >= 15 is 0 Å². The quantitative estimate of drug-likeness (QED) is 0.356. The van der Waals surface area contributed by atoms with E-state index in [0.29, 0.717) is 10.6 Å². The first-order valence-corrected chi connectivity index (χ1v) is 12.5. The minimum Gasteiger partial charge on any atom is -0.744 e. The zero-order valence-corrected chi connectivity index (χ0v) is 17.6. The standard InChI is InChI=1S/C24H18FO3PS/c25-19-10-9-15-22(18-19)29(20-11-3-1-4-12-20,21-13-5-2-6-14-21)23-16-7-8-17-24(23)30(26,27)28/h1-18H. The maximum Gasteiger partial charge on any atom is 0.145 e. The van der Waals surface area contributed by atoms with Crippen LogP contribution in [0.3, 0.4) is 0 Å². The maximum atomic E-state index is 14.4. The van der Waals surface area contributed by atoms with Gasteiger partial charge >= 0.3 is 0 Å². The molecule has 0 saturated carbocycles. The van der Waals surface area contributed by atoms with Crippen molar-refractivity contribution in [3.8, 4) is 0 Å². The Labute approximate surface area is 175 Å². The first-order chi connectivity index (χ1) is 14.4. The molecule has 0 N–H and O–H groups in total. The van der Waals surface area contributed by atoms with Crippen molar-refractivity contribution in [2.75, 3.05) is 0 Å².